The van der Waals surface area contributed by atoms with Gasteiger partial charge in [-0.1, -0.05) is 58.0 Å². The fraction of sp³-hybridized carbons (Fsp3) is 0.575. The van der Waals surface area contributed by atoms with Crippen LogP contribution in [0.1, 0.15) is 72.8 Å². The van der Waals surface area contributed by atoms with Gasteiger partial charge in [0.25, 0.3) is 5.91 Å². The SMILES string of the molecule is CCOC(=O)C(=O)NC[C@H](N)C(=O)N[C@H](C(=O)N[C@@H](CC(C)C)C(=O)N[C@@H](Cc1ccccc1)[C@@H](O)C(=O)N[C@@H](CC(=O)O)C(=O)N[C@@H](C)C(=O)N[C@@H](CCC(=O)O)C(=O)O)C(C)C. The lowest BCUT2D eigenvalue weighted by Crippen LogP contribution is -2.61. The molecule has 24 heteroatoms. The molecule has 1 aromatic rings. The minimum atomic E-state index is -2.18. The summed E-state index contributed by atoms with van der Waals surface area (Å²) in [5.41, 5.74) is 6.39. The van der Waals surface area contributed by atoms with E-state index < -0.39 is 145 Å². The third-order valence-electron chi connectivity index (χ3n) is 9.17. The van der Waals surface area contributed by atoms with Crippen LogP contribution in [0.3, 0.4) is 0 Å². The Hall–Kier alpha value is -6.69. The van der Waals surface area contributed by atoms with Crippen molar-refractivity contribution in [2.75, 3.05) is 13.2 Å². The lowest BCUT2D eigenvalue weighted by Gasteiger charge is -2.30. The van der Waals surface area contributed by atoms with Crippen LogP contribution in [-0.4, -0.2) is 147 Å². The number of nitrogens with one attached hydrogen (secondary N) is 7. The van der Waals surface area contributed by atoms with Crippen molar-refractivity contribution in [3.8, 4) is 0 Å². The highest BCUT2D eigenvalue weighted by Gasteiger charge is 2.36. The molecule has 0 aliphatic heterocycles. The summed E-state index contributed by atoms with van der Waals surface area (Å²) >= 11 is 0. The highest BCUT2D eigenvalue weighted by molar-refractivity contribution is 6.32. The number of hydrogen-bond donors (Lipinski definition) is 12. The first kappa shape index (κ1) is 55.3. The molecule has 1 aromatic carbocycles. The summed E-state index contributed by atoms with van der Waals surface area (Å²) < 4.78 is 4.58. The number of aliphatic hydroxyl groups is 1. The van der Waals surface area contributed by atoms with Gasteiger partial charge in [-0.3, -0.25) is 43.2 Å². The summed E-state index contributed by atoms with van der Waals surface area (Å²) in [5, 5.41) is 55.3. The summed E-state index contributed by atoms with van der Waals surface area (Å²) in [5.74, 6) is -13.9. The second-order valence-corrected chi connectivity index (χ2v) is 15.4. The Bertz CT molecular complexity index is 1830. The number of rotatable bonds is 27. The third-order valence-corrected chi connectivity index (χ3v) is 9.17. The van der Waals surface area contributed by atoms with Gasteiger partial charge in [-0.2, -0.15) is 0 Å². The zero-order valence-electron chi connectivity index (χ0n) is 36.4. The van der Waals surface area contributed by atoms with Crippen LogP contribution in [0.4, 0.5) is 0 Å². The Kier molecular flexibility index (Phi) is 23.7. The number of carboxylic acids is 3. The molecule has 0 fully saturated rings. The van der Waals surface area contributed by atoms with E-state index in [1.54, 1.807) is 58.0 Å². The molecule has 8 atom stereocenters. The molecule has 0 bridgehead atoms. The van der Waals surface area contributed by atoms with Crippen molar-refractivity contribution in [1.29, 1.82) is 0 Å². The molecule has 0 saturated heterocycles. The van der Waals surface area contributed by atoms with E-state index in [0.717, 1.165) is 6.92 Å². The summed E-state index contributed by atoms with van der Waals surface area (Å²) in [6.45, 7) is 8.71. The summed E-state index contributed by atoms with van der Waals surface area (Å²) in [6, 6.07) is -2.42. The summed E-state index contributed by atoms with van der Waals surface area (Å²) in [4.78, 5) is 138. The zero-order chi connectivity index (χ0) is 48.8. The van der Waals surface area contributed by atoms with Crippen LogP contribution in [-0.2, 0) is 63.9 Å². The molecule has 0 aliphatic carbocycles. The lowest BCUT2D eigenvalue weighted by molar-refractivity contribution is -0.154. The number of nitrogens with two attached hydrogens (primary N) is 1. The van der Waals surface area contributed by atoms with Gasteiger partial charge in [0.05, 0.1) is 19.1 Å². The van der Waals surface area contributed by atoms with Gasteiger partial charge in [-0.25, -0.2) is 9.59 Å². The van der Waals surface area contributed by atoms with E-state index in [1.807, 2.05) is 0 Å². The van der Waals surface area contributed by atoms with Gasteiger partial charge in [0, 0.05) is 13.0 Å². The Morgan fingerprint density at radius 1 is 0.672 bits per heavy atom. The molecule has 24 nitrogen and oxygen atoms in total. The Morgan fingerprint density at radius 3 is 1.78 bits per heavy atom. The van der Waals surface area contributed by atoms with Crippen molar-refractivity contribution in [2.45, 2.75) is 122 Å². The molecule has 0 spiro atoms. The number of carbonyl (C=O) groups is 11. The van der Waals surface area contributed by atoms with Gasteiger partial charge in [0.1, 0.15) is 36.3 Å². The van der Waals surface area contributed by atoms with Gasteiger partial charge >= 0.3 is 29.8 Å². The molecular formula is C40H60N8O16. The molecule has 1 rings (SSSR count). The minimum absolute atomic E-state index is 0.00940. The maximum atomic E-state index is 14.0. The van der Waals surface area contributed by atoms with Crippen LogP contribution in [0.5, 0.6) is 0 Å². The molecule has 0 aliphatic rings. The number of carboxylic acid groups (broad SMARTS) is 3. The topological polar surface area (TPSA) is 388 Å². The van der Waals surface area contributed by atoms with E-state index in [2.05, 4.69) is 42.0 Å². The maximum Gasteiger partial charge on any atom is 0.396 e. The smallest absolute Gasteiger partial charge is 0.396 e. The number of esters is 1. The highest BCUT2D eigenvalue weighted by atomic mass is 16.5. The van der Waals surface area contributed by atoms with Crippen molar-refractivity contribution in [1.82, 2.24) is 37.2 Å². The Morgan fingerprint density at radius 2 is 1.25 bits per heavy atom. The average Bonchev–Trinajstić information content (AvgIpc) is 3.21. The van der Waals surface area contributed by atoms with Crippen LogP contribution in [0.2, 0.25) is 0 Å². The molecule has 64 heavy (non-hydrogen) atoms. The van der Waals surface area contributed by atoms with Crippen LogP contribution < -0.4 is 43.0 Å². The van der Waals surface area contributed by atoms with Crippen molar-refractivity contribution in [3.05, 3.63) is 35.9 Å². The predicted molar refractivity (Wildman–Crippen MR) is 222 cm³/mol. The minimum Gasteiger partial charge on any atom is -0.481 e. The molecule has 13 N–H and O–H groups in total. The second kappa shape index (κ2) is 27.4. The second-order valence-electron chi connectivity index (χ2n) is 15.4. The monoisotopic (exact) mass is 908 g/mol. The predicted octanol–water partition coefficient (Wildman–Crippen LogP) is -3.35. The number of carbonyl (C=O) groups excluding carboxylic acids is 8. The maximum absolute atomic E-state index is 14.0. The number of aliphatic carboxylic acids is 3. The first-order chi connectivity index (χ1) is 29.9. The normalized spacial score (nSPS) is 14.7. The molecule has 0 aromatic heterocycles. The van der Waals surface area contributed by atoms with Crippen LogP contribution in [0.25, 0.3) is 0 Å². The van der Waals surface area contributed by atoms with Gasteiger partial charge in [0.15, 0.2) is 6.10 Å². The molecule has 0 saturated carbocycles. The number of amides is 7. The van der Waals surface area contributed by atoms with Crippen molar-refractivity contribution >= 4 is 65.2 Å². The van der Waals surface area contributed by atoms with E-state index in [1.165, 1.54) is 6.92 Å². The number of ether oxygens (including phenoxy) is 1. The first-order valence-corrected chi connectivity index (χ1v) is 20.3. The van der Waals surface area contributed by atoms with Crippen LogP contribution in [0, 0.1) is 11.8 Å². The number of benzene rings is 1. The van der Waals surface area contributed by atoms with Crippen molar-refractivity contribution in [2.24, 2.45) is 17.6 Å². The van der Waals surface area contributed by atoms with E-state index in [9.17, 15) is 68.1 Å². The Labute approximate surface area is 368 Å². The van der Waals surface area contributed by atoms with Crippen molar-refractivity contribution in [3.63, 3.8) is 0 Å². The van der Waals surface area contributed by atoms with E-state index >= 15 is 0 Å². The molecular weight excluding hydrogens is 848 g/mol. The summed E-state index contributed by atoms with van der Waals surface area (Å²) in [7, 11) is 0. The standard InChI is InChI=1S/C40H60N8O16/c1-7-64-40(63)38(60)42-18-23(41)33(55)48-30(20(4)5)36(58)46-26(15-19(2)3)35(57)45-25(16-22-11-9-8-10-12-22)31(53)37(59)47-27(17-29(51)52)34(56)43-21(6)32(54)44-24(39(61)62)13-14-28(49)50/h8-12,19-21,23-27,30-31,53H,7,13-18,41H2,1-6H3,(H,42,60)(H,43,56)(H,44,54)(H,45,57)(H,46,58)(H,47,59)(H,48,55)(H,49,50)(H,51,52)(H,61,62)/t21-,23-,24-,25-,26-,27-,30-,31+/m0/s1. The largest absolute Gasteiger partial charge is 0.481 e. The molecule has 7 amide bonds. The van der Waals surface area contributed by atoms with E-state index in [0.29, 0.717) is 5.56 Å². The quantitative estimate of drug-likeness (QED) is 0.0303. The lowest BCUT2D eigenvalue weighted by atomic mass is 9.97. The zero-order valence-corrected chi connectivity index (χ0v) is 36.4. The van der Waals surface area contributed by atoms with Gasteiger partial charge < -0.3 is 68.1 Å². The van der Waals surface area contributed by atoms with E-state index in [-0.39, 0.29) is 25.4 Å². The molecule has 0 heterocycles. The molecule has 356 valence electrons. The molecule has 0 radical (unpaired) electrons. The fourth-order valence-electron chi connectivity index (χ4n) is 5.74. The number of aliphatic hydroxyl groups excluding tert-OH is 1. The number of hydrogen-bond acceptors (Lipinski definition) is 14. The van der Waals surface area contributed by atoms with Crippen LogP contribution >= 0.6 is 0 Å². The van der Waals surface area contributed by atoms with Gasteiger partial charge in [-0.05, 0) is 50.5 Å². The average molecular weight is 909 g/mol. The Balaban J connectivity index is 3.30. The van der Waals surface area contributed by atoms with Crippen molar-refractivity contribution < 1.29 is 77.9 Å². The first-order valence-electron chi connectivity index (χ1n) is 20.3. The van der Waals surface area contributed by atoms with E-state index in [4.69, 9.17) is 10.8 Å². The summed E-state index contributed by atoms with van der Waals surface area (Å²) in [6.07, 6.45) is -4.54. The highest BCUT2D eigenvalue weighted by Crippen LogP contribution is 2.12. The molecule has 0 unspecified atom stereocenters. The van der Waals surface area contributed by atoms with Crippen LogP contribution in [0.15, 0.2) is 30.3 Å². The third kappa shape index (κ3) is 20.0. The van der Waals surface area contributed by atoms with Gasteiger partial charge in [0.2, 0.25) is 29.5 Å². The fourth-order valence-corrected chi connectivity index (χ4v) is 5.74. The van der Waals surface area contributed by atoms with Gasteiger partial charge in [-0.15, -0.1) is 0 Å².